The Morgan fingerprint density at radius 3 is 2.00 bits per heavy atom. The number of hydrogen-bond acceptors (Lipinski definition) is 3. The second-order valence-electron chi connectivity index (χ2n) is 5.89. The highest BCUT2D eigenvalue weighted by molar-refractivity contribution is 6.67. The van der Waals surface area contributed by atoms with Crippen molar-refractivity contribution in [3.63, 3.8) is 0 Å². The third-order valence-corrected chi connectivity index (χ3v) is 7.31. The fraction of sp³-hybridized carbons (Fsp3) is 1.00. The first kappa shape index (κ1) is 16.2. The average molecular weight is 274 g/mol. The van der Waals surface area contributed by atoms with Gasteiger partial charge in [0.05, 0.1) is 13.2 Å². The highest BCUT2D eigenvalue weighted by atomic mass is 28.4. The second kappa shape index (κ2) is 7.63. The van der Waals surface area contributed by atoms with Crippen LogP contribution >= 0.6 is 0 Å². The van der Waals surface area contributed by atoms with E-state index < -0.39 is 8.56 Å². The van der Waals surface area contributed by atoms with Crippen LogP contribution in [0.4, 0.5) is 0 Å². The zero-order valence-electron chi connectivity index (χ0n) is 12.7. The zero-order chi connectivity index (χ0) is 13.6. The fourth-order valence-corrected chi connectivity index (χ4v) is 5.90. The van der Waals surface area contributed by atoms with E-state index in [9.17, 15) is 0 Å². The number of ether oxygens (including phenoxy) is 1. The molecule has 1 heterocycles. The summed E-state index contributed by atoms with van der Waals surface area (Å²) in [7, 11) is -1.99. The lowest BCUT2D eigenvalue weighted by Crippen LogP contribution is -2.45. The van der Waals surface area contributed by atoms with Crippen LogP contribution in [0.5, 0.6) is 0 Å². The molecular formula is C14H30O3Si. The maximum atomic E-state index is 6.22. The second-order valence-corrected chi connectivity index (χ2v) is 9.39. The van der Waals surface area contributed by atoms with Gasteiger partial charge < -0.3 is 13.6 Å². The van der Waals surface area contributed by atoms with Gasteiger partial charge in [0.2, 0.25) is 0 Å². The SMILES string of the molecule is CC[Si](CCCC1COC1)(OC(C)C)OC(C)C. The molecule has 1 aliphatic rings. The van der Waals surface area contributed by atoms with Crippen molar-refractivity contribution in [2.45, 2.75) is 71.8 Å². The van der Waals surface area contributed by atoms with E-state index in [0.717, 1.165) is 31.2 Å². The van der Waals surface area contributed by atoms with E-state index in [0.29, 0.717) is 0 Å². The van der Waals surface area contributed by atoms with Gasteiger partial charge in [-0.2, -0.15) is 0 Å². The first-order valence-corrected chi connectivity index (χ1v) is 9.64. The van der Waals surface area contributed by atoms with E-state index >= 15 is 0 Å². The Bertz CT molecular complexity index is 217. The van der Waals surface area contributed by atoms with Gasteiger partial charge >= 0.3 is 8.56 Å². The summed E-state index contributed by atoms with van der Waals surface area (Å²) in [5.41, 5.74) is 0. The summed E-state index contributed by atoms with van der Waals surface area (Å²) in [5, 5.41) is 0. The molecule has 0 N–H and O–H groups in total. The third kappa shape index (κ3) is 5.39. The monoisotopic (exact) mass is 274 g/mol. The summed E-state index contributed by atoms with van der Waals surface area (Å²) in [6, 6.07) is 2.17. The van der Waals surface area contributed by atoms with Gasteiger partial charge in [0.1, 0.15) is 0 Å². The van der Waals surface area contributed by atoms with Crippen LogP contribution in [0.15, 0.2) is 0 Å². The van der Waals surface area contributed by atoms with Crippen LogP contribution in [0.3, 0.4) is 0 Å². The minimum absolute atomic E-state index is 0.266. The van der Waals surface area contributed by atoms with Crippen LogP contribution in [-0.2, 0) is 13.6 Å². The molecule has 0 spiro atoms. The first-order valence-electron chi connectivity index (χ1n) is 7.41. The minimum Gasteiger partial charge on any atom is -0.392 e. The highest BCUT2D eigenvalue weighted by Crippen LogP contribution is 2.27. The molecule has 3 nitrogen and oxygen atoms in total. The van der Waals surface area contributed by atoms with Crippen molar-refractivity contribution in [2.75, 3.05) is 13.2 Å². The van der Waals surface area contributed by atoms with Crippen LogP contribution in [0.2, 0.25) is 12.1 Å². The average Bonchev–Trinajstić information content (AvgIpc) is 2.19. The molecule has 0 amide bonds. The van der Waals surface area contributed by atoms with Gasteiger partial charge in [0, 0.05) is 18.1 Å². The molecule has 1 aliphatic heterocycles. The van der Waals surface area contributed by atoms with Crippen molar-refractivity contribution >= 4 is 8.56 Å². The molecule has 0 radical (unpaired) electrons. The van der Waals surface area contributed by atoms with Crippen molar-refractivity contribution in [3.8, 4) is 0 Å². The number of hydrogen-bond donors (Lipinski definition) is 0. The third-order valence-electron chi connectivity index (χ3n) is 3.32. The van der Waals surface area contributed by atoms with Gasteiger partial charge in [0.15, 0.2) is 0 Å². The van der Waals surface area contributed by atoms with Crippen LogP contribution in [0.25, 0.3) is 0 Å². The molecule has 0 aliphatic carbocycles. The van der Waals surface area contributed by atoms with E-state index in [2.05, 4.69) is 34.6 Å². The Hall–Kier alpha value is 0.0969. The van der Waals surface area contributed by atoms with Crippen LogP contribution in [-0.4, -0.2) is 34.0 Å². The van der Waals surface area contributed by atoms with E-state index in [4.69, 9.17) is 13.6 Å². The van der Waals surface area contributed by atoms with Gasteiger partial charge in [-0.15, -0.1) is 0 Å². The molecule has 1 fully saturated rings. The maximum Gasteiger partial charge on any atom is 0.338 e. The summed E-state index contributed by atoms with van der Waals surface area (Å²) in [5.74, 6) is 0.784. The molecule has 108 valence electrons. The van der Waals surface area contributed by atoms with Gasteiger partial charge in [-0.05, 0) is 46.2 Å². The molecule has 1 saturated heterocycles. The molecule has 0 aromatic heterocycles. The molecule has 4 heteroatoms. The van der Waals surface area contributed by atoms with Crippen LogP contribution in [0, 0.1) is 5.92 Å². The normalized spacial score (nSPS) is 17.5. The number of rotatable bonds is 9. The predicted octanol–water partition coefficient (Wildman–Crippen LogP) is 3.73. The van der Waals surface area contributed by atoms with E-state index in [1.165, 1.54) is 12.8 Å². The Kier molecular flexibility index (Phi) is 6.85. The van der Waals surface area contributed by atoms with Crippen molar-refractivity contribution in [1.29, 1.82) is 0 Å². The molecule has 0 saturated carbocycles. The Morgan fingerprint density at radius 1 is 1.11 bits per heavy atom. The molecule has 18 heavy (non-hydrogen) atoms. The Morgan fingerprint density at radius 2 is 1.67 bits per heavy atom. The standard InChI is InChI=1S/C14H30O3Si/c1-6-18(16-12(2)3,17-13(4)5)9-7-8-14-10-15-11-14/h12-14H,6-11H2,1-5H3. The van der Waals surface area contributed by atoms with Crippen molar-refractivity contribution in [1.82, 2.24) is 0 Å². The van der Waals surface area contributed by atoms with Crippen LogP contribution < -0.4 is 0 Å². The van der Waals surface area contributed by atoms with E-state index in [1.807, 2.05) is 0 Å². The lowest BCUT2D eigenvalue weighted by Gasteiger charge is -2.34. The largest absolute Gasteiger partial charge is 0.392 e. The maximum absolute atomic E-state index is 6.22. The molecule has 1 rings (SSSR count). The van der Waals surface area contributed by atoms with Gasteiger partial charge in [0.25, 0.3) is 0 Å². The quantitative estimate of drug-likeness (QED) is 0.600. The zero-order valence-corrected chi connectivity index (χ0v) is 13.7. The highest BCUT2D eigenvalue weighted by Gasteiger charge is 2.37. The minimum atomic E-state index is -1.99. The van der Waals surface area contributed by atoms with Crippen molar-refractivity contribution in [2.24, 2.45) is 5.92 Å². The van der Waals surface area contributed by atoms with Gasteiger partial charge in [-0.1, -0.05) is 13.3 Å². The summed E-state index contributed by atoms with van der Waals surface area (Å²) in [4.78, 5) is 0. The molecule has 0 aromatic rings. The van der Waals surface area contributed by atoms with Crippen LogP contribution in [0.1, 0.15) is 47.5 Å². The predicted molar refractivity (Wildman–Crippen MR) is 77.0 cm³/mol. The van der Waals surface area contributed by atoms with Crippen molar-refractivity contribution < 1.29 is 13.6 Å². The fourth-order valence-electron chi connectivity index (χ4n) is 2.46. The van der Waals surface area contributed by atoms with Gasteiger partial charge in [-0.25, -0.2) is 0 Å². The lowest BCUT2D eigenvalue weighted by molar-refractivity contribution is -0.0360. The van der Waals surface area contributed by atoms with Crippen molar-refractivity contribution in [3.05, 3.63) is 0 Å². The topological polar surface area (TPSA) is 27.7 Å². The smallest absolute Gasteiger partial charge is 0.338 e. The molecule has 0 bridgehead atoms. The summed E-state index contributed by atoms with van der Waals surface area (Å²) in [6.45, 7) is 12.6. The lowest BCUT2D eigenvalue weighted by atomic mass is 10.0. The Labute approximate surface area is 113 Å². The molecule has 0 unspecified atom stereocenters. The first-order chi connectivity index (χ1) is 8.47. The summed E-state index contributed by atoms with van der Waals surface area (Å²) >= 11 is 0. The molecule has 0 aromatic carbocycles. The van der Waals surface area contributed by atoms with E-state index in [1.54, 1.807) is 0 Å². The summed E-state index contributed by atoms with van der Waals surface area (Å²) in [6.07, 6.45) is 3.01. The summed E-state index contributed by atoms with van der Waals surface area (Å²) < 4.78 is 17.7. The molecule has 0 atom stereocenters. The Balaban J connectivity index is 2.44. The van der Waals surface area contributed by atoms with Gasteiger partial charge in [-0.3, -0.25) is 0 Å². The molecular weight excluding hydrogens is 244 g/mol. The van der Waals surface area contributed by atoms with E-state index in [-0.39, 0.29) is 12.2 Å².